The first-order valence-corrected chi connectivity index (χ1v) is 16.4. The minimum absolute atomic E-state index is 0.0789. The maximum Gasteiger partial charge on any atom is 0.211 e. The summed E-state index contributed by atoms with van der Waals surface area (Å²) in [5.41, 5.74) is 6.87. The van der Waals surface area contributed by atoms with E-state index in [2.05, 4.69) is 0 Å². The Labute approximate surface area is 252 Å². The van der Waals surface area contributed by atoms with E-state index >= 15 is 0 Å². The van der Waals surface area contributed by atoms with Crippen LogP contribution in [0.1, 0.15) is 22.3 Å². The molecular weight excluding hydrogens is 694 g/mol. The number of rotatable bonds is 7. The molecule has 4 aromatic rings. The minimum atomic E-state index is -10.7. The second-order valence-corrected chi connectivity index (χ2v) is 13.4. The number of aliphatic hydroxyl groups excluding tert-OH is 4. The second-order valence-electron chi connectivity index (χ2n) is 9.55. The van der Waals surface area contributed by atoms with Crippen molar-refractivity contribution in [2.45, 2.75) is 26.4 Å². The molecule has 0 fully saturated rings. The minimum Gasteiger partial charge on any atom is -0.392 e. The summed E-state index contributed by atoms with van der Waals surface area (Å²) in [5, 5.41) is 37.9. The number of aliphatic hydroxyl groups is 4. The van der Waals surface area contributed by atoms with Crippen molar-refractivity contribution in [3.05, 3.63) is 108 Å². The van der Waals surface area contributed by atoms with Gasteiger partial charge in [-0.1, -0.05) is 12.1 Å². The van der Waals surface area contributed by atoms with Gasteiger partial charge in [0.05, 0.1) is 26.4 Å². The van der Waals surface area contributed by atoms with E-state index in [0.717, 1.165) is 44.8 Å². The second kappa shape index (κ2) is 12.3. The number of hydrogen-bond acceptors (Lipinski definition) is 4. The molecule has 258 valence electrons. The van der Waals surface area contributed by atoms with Crippen LogP contribution in [0.3, 0.4) is 0 Å². The van der Waals surface area contributed by atoms with Gasteiger partial charge in [0.15, 0.2) is 24.8 Å². The van der Waals surface area contributed by atoms with E-state index < -0.39 is 15.6 Å². The Bertz CT molecular complexity index is 1460. The maximum atomic E-state index is 9.87. The average molecular weight is 720 g/mol. The Balaban J connectivity index is 0.000000440. The van der Waals surface area contributed by atoms with Crippen LogP contribution in [0.5, 0.6) is 0 Å². The van der Waals surface area contributed by atoms with Crippen molar-refractivity contribution in [2.24, 2.45) is 0 Å². The van der Waals surface area contributed by atoms with Crippen molar-refractivity contribution < 1.29 is 79.9 Å². The first-order chi connectivity index (χ1) is 20.5. The average Bonchev–Trinajstić information content (AvgIpc) is 2.93. The molecule has 0 bridgehead atoms. The van der Waals surface area contributed by atoms with Crippen LogP contribution in [-0.2, 0) is 26.4 Å². The van der Waals surface area contributed by atoms with E-state index in [-0.39, 0.29) is 26.4 Å². The fourth-order valence-corrected chi connectivity index (χ4v) is 3.73. The van der Waals surface area contributed by atoms with E-state index in [1.165, 1.54) is 0 Å². The zero-order chi connectivity index (χ0) is 35.3. The fraction of sp³-hybridized carbons (Fsp3) is 0.154. The summed E-state index contributed by atoms with van der Waals surface area (Å²) in [6.07, 6.45) is 7.80. The van der Waals surface area contributed by atoms with Crippen molar-refractivity contribution in [2.75, 3.05) is 0 Å². The van der Waals surface area contributed by atoms with Crippen LogP contribution in [0.25, 0.3) is 22.5 Å². The molecule has 0 saturated heterocycles. The summed E-state index contributed by atoms with van der Waals surface area (Å²) in [5.74, 6) is 0. The predicted octanol–water partition coefficient (Wildman–Crippen LogP) is 8.64. The van der Waals surface area contributed by atoms with Crippen LogP contribution in [0.4, 0.5) is 50.4 Å². The molecule has 0 spiro atoms. The normalized spacial score (nSPS) is 14.7. The zero-order valence-corrected chi connectivity index (χ0v) is 24.8. The smallest absolute Gasteiger partial charge is 0.211 e. The van der Waals surface area contributed by atoms with E-state index in [1.54, 1.807) is 12.1 Å². The molecule has 20 heteroatoms. The zero-order valence-electron chi connectivity index (χ0n) is 23.0. The van der Waals surface area contributed by atoms with E-state index in [4.69, 9.17) is 0 Å². The van der Waals surface area contributed by atoms with Gasteiger partial charge >= 0.3 is 66.0 Å². The summed E-state index contributed by atoms with van der Waals surface area (Å²) >= 11 is 0. The summed E-state index contributed by atoms with van der Waals surface area (Å²) in [6, 6.07) is 19.2. The number of nitrogens with zero attached hydrogens (tertiary/aromatic N) is 2. The Morgan fingerprint density at radius 2 is 0.587 bits per heavy atom. The van der Waals surface area contributed by atoms with E-state index in [0.29, 0.717) is 0 Å². The quantitative estimate of drug-likeness (QED) is 0.0875. The van der Waals surface area contributed by atoms with Gasteiger partial charge in [-0.2, -0.15) is 9.13 Å². The van der Waals surface area contributed by atoms with Crippen LogP contribution in [0, 0.1) is 0 Å². The van der Waals surface area contributed by atoms with Crippen molar-refractivity contribution in [3.63, 3.8) is 0 Å². The van der Waals surface area contributed by atoms with Gasteiger partial charge in [0.1, 0.15) is 0 Å². The molecular formula is C26H26F12N2O4P2. The van der Waals surface area contributed by atoms with Crippen LogP contribution in [0.15, 0.2) is 85.5 Å². The van der Waals surface area contributed by atoms with Crippen molar-refractivity contribution >= 4 is 15.6 Å². The molecule has 2 heterocycles. The number of aromatic nitrogens is 2. The third-order valence-corrected chi connectivity index (χ3v) is 5.39. The van der Waals surface area contributed by atoms with Gasteiger partial charge in [0.2, 0.25) is 11.4 Å². The molecule has 0 aliphatic heterocycles. The Morgan fingerprint density at radius 1 is 0.391 bits per heavy atom. The largest absolute Gasteiger partial charge is 0.392 e. The first-order valence-electron chi connectivity index (χ1n) is 12.4. The van der Waals surface area contributed by atoms with Crippen LogP contribution in [0.2, 0.25) is 0 Å². The Morgan fingerprint density at radius 3 is 0.761 bits per heavy atom. The number of hydrogen-bond donors (Lipinski definition) is 4. The van der Waals surface area contributed by atoms with Crippen LogP contribution >= 0.6 is 15.6 Å². The van der Waals surface area contributed by atoms with Gasteiger partial charge in [0.25, 0.3) is 0 Å². The van der Waals surface area contributed by atoms with Gasteiger partial charge in [-0.05, 0) is 33.4 Å². The monoisotopic (exact) mass is 720 g/mol. The molecule has 46 heavy (non-hydrogen) atoms. The number of halogens is 12. The predicted molar refractivity (Wildman–Crippen MR) is 146 cm³/mol. The molecule has 0 aliphatic carbocycles. The molecule has 0 radical (unpaired) electrons. The van der Waals surface area contributed by atoms with Crippen LogP contribution in [-0.4, -0.2) is 20.4 Å². The van der Waals surface area contributed by atoms with Crippen molar-refractivity contribution in [1.82, 2.24) is 0 Å². The van der Waals surface area contributed by atoms with Gasteiger partial charge in [-0.15, -0.1) is 0 Å². The van der Waals surface area contributed by atoms with Gasteiger partial charge in [-0.25, -0.2) is 0 Å². The Kier molecular flexibility index (Phi) is 10.4. The molecule has 0 atom stereocenters. The summed E-state index contributed by atoms with van der Waals surface area (Å²) < 4.78 is 122. The van der Waals surface area contributed by atoms with Crippen LogP contribution < -0.4 is 9.13 Å². The third kappa shape index (κ3) is 17.3. The van der Waals surface area contributed by atoms with Gasteiger partial charge in [0, 0.05) is 48.5 Å². The van der Waals surface area contributed by atoms with Crippen molar-refractivity contribution in [3.8, 4) is 22.5 Å². The third-order valence-electron chi connectivity index (χ3n) is 5.39. The molecule has 4 rings (SSSR count). The van der Waals surface area contributed by atoms with E-state index in [1.807, 2.05) is 82.5 Å². The van der Waals surface area contributed by atoms with Gasteiger partial charge < -0.3 is 20.4 Å². The summed E-state index contributed by atoms with van der Waals surface area (Å²) in [7, 11) is -21.3. The summed E-state index contributed by atoms with van der Waals surface area (Å²) in [6.45, 7) is -0.315. The first kappa shape index (κ1) is 38.8. The number of benzene rings is 2. The molecule has 2 aromatic carbocycles. The fourth-order valence-electron chi connectivity index (χ4n) is 3.73. The molecule has 6 nitrogen and oxygen atoms in total. The standard InChI is InChI=1S/C26H26N2O4.2F6P/c29-15-19-9-20(16-30)12-25(11-19)27-5-1-23(2-6-27)24-3-7-28(8-4-24)26-13-21(17-31)10-22(14-26)18-32;2*1-7(2,3,4,5)6/h1-14,29-32H,15-18H2;;/q+2;2*-1. The van der Waals surface area contributed by atoms with Gasteiger partial charge in [-0.3, -0.25) is 0 Å². The topological polar surface area (TPSA) is 88.7 Å². The number of pyridine rings is 2. The SMILES string of the molecule is F[P-](F)(F)(F)(F)F.F[P-](F)(F)(F)(F)F.OCc1cc(CO)cc(-[n+]2ccc(-c3cc[n+](-c4cc(CO)cc(CO)c4)cc3)cc2)c1. The van der Waals surface area contributed by atoms with Crippen molar-refractivity contribution in [1.29, 1.82) is 0 Å². The molecule has 2 aromatic heterocycles. The molecule has 0 saturated carbocycles. The molecule has 0 amide bonds. The molecule has 0 unspecified atom stereocenters. The van der Waals surface area contributed by atoms with E-state index in [9.17, 15) is 70.8 Å². The Hall–Kier alpha value is -3.40. The molecule has 4 N–H and O–H groups in total. The summed E-state index contributed by atoms with van der Waals surface area (Å²) in [4.78, 5) is 0. The maximum absolute atomic E-state index is 10.7. The molecule has 0 aliphatic rings.